The van der Waals surface area contributed by atoms with Crippen LogP contribution in [0.5, 0.6) is 0 Å². The molecule has 1 heterocycles. The van der Waals surface area contributed by atoms with E-state index in [0.717, 1.165) is 24.2 Å². The van der Waals surface area contributed by atoms with Crippen LogP contribution in [0.4, 0.5) is 10.5 Å². The molecule has 1 aromatic rings. The molecule has 3 N–H and O–H groups in total. The van der Waals surface area contributed by atoms with Gasteiger partial charge in [-0.05, 0) is 37.1 Å². The van der Waals surface area contributed by atoms with Crippen molar-refractivity contribution in [1.82, 2.24) is 10.6 Å². The van der Waals surface area contributed by atoms with Crippen LogP contribution >= 0.6 is 0 Å². The summed E-state index contributed by atoms with van der Waals surface area (Å²) in [5.74, 6) is 0. The molecular weight excluding hydrogens is 250 g/mol. The van der Waals surface area contributed by atoms with Gasteiger partial charge in [-0.1, -0.05) is 37.6 Å². The highest BCUT2D eigenvalue weighted by Gasteiger charge is 2.12. The number of carbonyl (C=O) groups is 1. The average Bonchev–Trinajstić information content (AvgIpc) is 2.74. The van der Waals surface area contributed by atoms with Gasteiger partial charge in [-0.3, -0.25) is 0 Å². The van der Waals surface area contributed by atoms with Crippen molar-refractivity contribution in [1.29, 1.82) is 0 Å². The second kappa shape index (κ2) is 7.70. The summed E-state index contributed by atoms with van der Waals surface area (Å²) in [6.45, 7) is 5.43. The van der Waals surface area contributed by atoms with Crippen LogP contribution in [0.2, 0.25) is 0 Å². The first-order valence-electron chi connectivity index (χ1n) is 7.28. The zero-order valence-corrected chi connectivity index (χ0v) is 11.8. The molecule has 1 atom stereocenters. The molecule has 2 amide bonds. The standard InChI is InChI=1S/C16H23N3O/c1-2-13-7-9-14(10-8-13)19-16(20)18-12-15-6-4-3-5-11-17-15/h2,7-10,15,17H,1,3-6,11-12H2,(H2,18,19,20). The lowest BCUT2D eigenvalue weighted by Gasteiger charge is -2.16. The third-order valence-corrected chi connectivity index (χ3v) is 3.58. The predicted molar refractivity (Wildman–Crippen MR) is 83.8 cm³/mol. The molecule has 0 aromatic heterocycles. The van der Waals surface area contributed by atoms with Gasteiger partial charge < -0.3 is 16.0 Å². The van der Waals surface area contributed by atoms with Gasteiger partial charge in [-0.25, -0.2) is 4.79 Å². The number of rotatable bonds is 4. The van der Waals surface area contributed by atoms with E-state index in [-0.39, 0.29) is 6.03 Å². The van der Waals surface area contributed by atoms with Gasteiger partial charge in [0.1, 0.15) is 0 Å². The number of anilines is 1. The lowest BCUT2D eigenvalue weighted by atomic mass is 10.1. The van der Waals surface area contributed by atoms with Crippen molar-refractivity contribution in [3.63, 3.8) is 0 Å². The minimum atomic E-state index is -0.151. The van der Waals surface area contributed by atoms with Gasteiger partial charge >= 0.3 is 6.03 Å². The Labute approximate surface area is 120 Å². The predicted octanol–water partition coefficient (Wildman–Crippen LogP) is 2.98. The van der Waals surface area contributed by atoms with E-state index in [1.165, 1.54) is 19.3 Å². The molecule has 20 heavy (non-hydrogen) atoms. The number of hydrogen-bond donors (Lipinski definition) is 3. The van der Waals surface area contributed by atoms with Gasteiger partial charge in [-0.15, -0.1) is 0 Å². The van der Waals surface area contributed by atoms with Crippen molar-refractivity contribution in [2.24, 2.45) is 0 Å². The third-order valence-electron chi connectivity index (χ3n) is 3.58. The molecule has 1 fully saturated rings. The molecule has 1 aliphatic heterocycles. The van der Waals surface area contributed by atoms with Gasteiger partial charge in [0.2, 0.25) is 0 Å². The van der Waals surface area contributed by atoms with Gasteiger partial charge in [0.25, 0.3) is 0 Å². The summed E-state index contributed by atoms with van der Waals surface area (Å²) in [7, 11) is 0. The van der Waals surface area contributed by atoms with Gasteiger partial charge in [0, 0.05) is 18.3 Å². The van der Waals surface area contributed by atoms with E-state index in [1.54, 1.807) is 6.08 Å². The fourth-order valence-electron chi connectivity index (χ4n) is 2.37. The topological polar surface area (TPSA) is 53.2 Å². The van der Waals surface area contributed by atoms with Crippen LogP contribution in [0.15, 0.2) is 30.8 Å². The molecule has 4 nitrogen and oxygen atoms in total. The zero-order chi connectivity index (χ0) is 14.2. The van der Waals surface area contributed by atoms with Crippen molar-refractivity contribution in [2.75, 3.05) is 18.4 Å². The van der Waals surface area contributed by atoms with Crippen LogP contribution in [0, 0.1) is 0 Å². The molecule has 108 valence electrons. The van der Waals surface area contributed by atoms with E-state index >= 15 is 0 Å². The van der Waals surface area contributed by atoms with Crippen molar-refractivity contribution in [2.45, 2.75) is 31.7 Å². The summed E-state index contributed by atoms with van der Waals surface area (Å²) >= 11 is 0. The Hall–Kier alpha value is -1.81. The summed E-state index contributed by atoms with van der Waals surface area (Å²) in [4.78, 5) is 11.8. The molecule has 0 radical (unpaired) electrons. The monoisotopic (exact) mass is 273 g/mol. The van der Waals surface area contributed by atoms with E-state index in [9.17, 15) is 4.79 Å². The molecule has 2 rings (SSSR count). The Morgan fingerprint density at radius 1 is 1.30 bits per heavy atom. The summed E-state index contributed by atoms with van der Waals surface area (Å²) in [5.41, 5.74) is 1.83. The molecule has 1 aliphatic rings. The fraction of sp³-hybridized carbons (Fsp3) is 0.438. The van der Waals surface area contributed by atoms with Crippen molar-refractivity contribution in [3.05, 3.63) is 36.4 Å². The number of amides is 2. The lowest BCUT2D eigenvalue weighted by molar-refractivity contribution is 0.250. The molecule has 0 spiro atoms. The normalized spacial score (nSPS) is 18.9. The van der Waals surface area contributed by atoms with E-state index in [1.807, 2.05) is 24.3 Å². The minimum Gasteiger partial charge on any atom is -0.336 e. The van der Waals surface area contributed by atoms with Crippen molar-refractivity contribution < 1.29 is 4.79 Å². The highest BCUT2D eigenvalue weighted by atomic mass is 16.2. The Morgan fingerprint density at radius 2 is 2.10 bits per heavy atom. The van der Waals surface area contributed by atoms with Gasteiger partial charge in [0.05, 0.1) is 0 Å². The number of urea groups is 1. The Balaban J connectivity index is 1.75. The second-order valence-corrected chi connectivity index (χ2v) is 5.16. The van der Waals surface area contributed by atoms with Crippen LogP contribution in [0.25, 0.3) is 6.08 Å². The van der Waals surface area contributed by atoms with Crippen molar-refractivity contribution >= 4 is 17.8 Å². The number of hydrogen-bond acceptors (Lipinski definition) is 2. The number of benzene rings is 1. The van der Waals surface area contributed by atoms with E-state index in [2.05, 4.69) is 22.5 Å². The SMILES string of the molecule is C=Cc1ccc(NC(=O)NCC2CCCCCN2)cc1. The summed E-state index contributed by atoms with van der Waals surface area (Å²) in [5, 5.41) is 9.22. The maximum absolute atomic E-state index is 11.8. The largest absolute Gasteiger partial charge is 0.336 e. The quantitative estimate of drug-likeness (QED) is 0.790. The average molecular weight is 273 g/mol. The van der Waals surface area contributed by atoms with Crippen LogP contribution in [-0.2, 0) is 0 Å². The second-order valence-electron chi connectivity index (χ2n) is 5.16. The molecule has 4 heteroatoms. The van der Waals surface area contributed by atoms with Crippen LogP contribution < -0.4 is 16.0 Å². The molecular formula is C16H23N3O. The third kappa shape index (κ3) is 4.70. The summed E-state index contributed by atoms with van der Waals surface area (Å²) < 4.78 is 0. The highest BCUT2D eigenvalue weighted by molar-refractivity contribution is 5.89. The van der Waals surface area contributed by atoms with Gasteiger partial charge in [0.15, 0.2) is 0 Å². The fourth-order valence-corrected chi connectivity index (χ4v) is 2.37. The lowest BCUT2D eigenvalue weighted by Crippen LogP contribution is -2.41. The van der Waals surface area contributed by atoms with E-state index < -0.39 is 0 Å². The summed E-state index contributed by atoms with van der Waals surface area (Å²) in [6.07, 6.45) is 6.67. The first kappa shape index (κ1) is 14.6. The Morgan fingerprint density at radius 3 is 2.85 bits per heavy atom. The Bertz CT molecular complexity index is 434. The smallest absolute Gasteiger partial charge is 0.319 e. The number of nitrogens with one attached hydrogen (secondary N) is 3. The zero-order valence-electron chi connectivity index (χ0n) is 11.8. The molecule has 1 unspecified atom stereocenters. The number of carbonyl (C=O) groups excluding carboxylic acids is 1. The highest BCUT2D eigenvalue weighted by Crippen LogP contribution is 2.10. The first-order valence-corrected chi connectivity index (χ1v) is 7.28. The van der Waals surface area contributed by atoms with Crippen LogP contribution in [0.3, 0.4) is 0 Å². The first-order chi connectivity index (χ1) is 9.78. The van der Waals surface area contributed by atoms with Crippen molar-refractivity contribution in [3.8, 4) is 0 Å². The maximum atomic E-state index is 11.8. The van der Waals surface area contributed by atoms with Crippen LogP contribution in [0.1, 0.15) is 31.2 Å². The molecule has 1 aromatic carbocycles. The summed E-state index contributed by atoms with van der Waals surface area (Å²) in [6, 6.07) is 7.85. The molecule has 0 saturated carbocycles. The minimum absolute atomic E-state index is 0.151. The van der Waals surface area contributed by atoms with Gasteiger partial charge in [-0.2, -0.15) is 0 Å². The maximum Gasteiger partial charge on any atom is 0.319 e. The van der Waals surface area contributed by atoms with Crippen LogP contribution in [-0.4, -0.2) is 25.2 Å². The Kier molecular flexibility index (Phi) is 5.62. The molecule has 0 bridgehead atoms. The molecule has 0 aliphatic carbocycles. The van der Waals surface area contributed by atoms with E-state index in [0.29, 0.717) is 12.6 Å². The molecule has 1 saturated heterocycles. The van der Waals surface area contributed by atoms with E-state index in [4.69, 9.17) is 0 Å².